The van der Waals surface area contributed by atoms with Crippen molar-refractivity contribution in [2.45, 2.75) is 19.8 Å². The minimum atomic E-state index is -3.16. The van der Waals surface area contributed by atoms with Gasteiger partial charge in [0.1, 0.15) is 0 Å². The Hall–Kier alpha value is -1.80. The topological polar surface area (TPSA) is 84.9 Å². The molecule has 8 heteroatoms. The van der Waals surface area contributed by atoms with Gasteiger partial charge in [0.15, 0.2) is 11.5 Å². The number of nitrogens with one attached hydrogen (secondary N) is 1. The molecule has 0 unspecified atom stereocenters. The molecule has 126 valence electrons. The van der Waals surface area contributed by atoms with Crippen molar-refractivity contribution in [3.05, 3.63) is 18.2 Å². The second-order valence-electron chi connectivity index (χ2n) is 5.63. The molecule has 0 spiro atoms. The molecule has 3 rings (SSSR count). The van der Waals surface area contributed by atoms with E-state index in [0.29, 0.717) is 43.1 Å². The fourth-order valence-corrected chi connectivity index (χ4v) is 3.93. The maximum absolute atomic E-state index is 12.3. The SMILES string of the molecule is CCS(=O)(=O)N1CCC(C(=O)Nc2ccc3c(c2)OCO3)CC1. The number of nitrogens with zero attached hydrogens (tertiary/aromatic N) is 1. The van der Waals surface area contributed by atoms with E-state index in [2.05, 4.69) is 5.32 Å². The zero-order valence-electron chi connectivity index (χ0n) is 12.9. The average molecular weight is 340 g/mol. The van der Waals surface area contributed by atoms with Crippen LogP contribution in [0.3, 0.4) is 0 Å². The summed E-state index contributed by atoms with van der Waals surface area (Å²) in [5.74, 6) is 1.12. The number of anilines is 1. The average Bonchev–Trinajstić information content (AvgIpc) is 3.02. The third-order valence-corrected chi connectivity index (χ3v) is 6.10. The summed E-state index contributed by atoms with van der Waals surface area (Å²) >= 11 is 0. The molecule has 2 heterocycles. The third kappa shape index (κ3) is 3.42. The molecule has 0 radical (unpaired) electrons. The van der Waals surface area contributed by atoms with E-state index in [1.807, 2.05) is 0 Å². The first-order valence-corrected chi connectivity index (χ1v) is 9.29. The molecular formula is C15H20N2O5S. The number of carbonyl (C=O) groups is 1. The molecule has 0 atom stereocenters. The fourth-order valence-electron chi connectivity index (χ4n) is 2.80. The maximum atomic E-state index is 12.3. The van der Waals surface area contributed by atoms with Crippen LogP contribution >= 0.6 is 0 Å². The minimum absolute atomic E-state index is 0.0857. The number of fused-ring (bicyclic) bond motifs is 1. The quantitative estimate of drug-likeness (QED) is 0.896. The van der Waals surface area contributed by atoms with E-state index in [1.165, 1.54) is 4.31 Å². The molecule has 0 aromatic heterocycles. The van der Waals surface area contributed by atoms with Crippen LogP contribution in [0.1, 0.15) is 19.8 Å². The van der Waals surface area contributed by atoms with Crippen molar-refractivity contribution >= 4 is 21.6 Å². The van der Waals surface area contributed by atoms with Crippen LogP contribution in [0.15, 0.2) is 18.2 Å². The lowest BCUT2D eigenvalue weighted by Crippen LogP contribution is -2.42. The third-order valence-electron chi connectivity index (χ3n) is 4.22. The Morgan fingerprint density at radius 1 is 1.26 bits per heavy atom. The largest absolute Gasteiger partial charge is 0.454 e. The number of hydrogen-bond acceptors (Lipinski definition) is 5. The maximum Gasteiger partial charge on any atom is 0.231 e. The molecule has 1 N–H and O–H groups in total. The molecule has 1 aromatic carbocycles. The van der Waals surface area contributed by atoms with Gasteiger partial charge in [-0.1, -0.05) is 0 Å². The Morgan fingerprint density at radius 3 is 2.65 bits per heavy atom. The lowest BCUT2D eigenvalue weighted by Gasteiger charge is -2.30. The van der Waals surface area contributed by atoms with Crippen molar-refractivity contribution in [3.8, 4) is 11.5 Å². The molecule has 2 aliphatic rings. The summed E-state index contributed by atoms with van der Waals surface area (Å²) in [6.45, 7) is 2.62. The van der Waals surface area contributed by atoms with Crippen LogP contribution in [0.5, 0.6) is 11.5 Å². The van der Waals surface area contributed by atoms with Crippen molar-refractivity contribution in [1.82, 2.24) is 4.31 Å². The van der Waals surface area contributed by atoms with E-state index in [4.69, 9.17) is 9.47 Å². The summed E-state index contributed by atoms with van der Waals surface area (Å²) in [7, 11) is -3.16. The summed E-state index contributed by atoms with van der Waals surface area (Å²) in [5.41, 5.74) is 0.655. The van der Waals surface area contributed by atoms with Crippen LogP contribution < -0.4 is 14.8 Å². The number of hydrogen-bond donors (Lipinski definition) is 1. The molecule has 0 bridgehead atoms. The first-order valence-electron chi connectivity index (χ1n) is 7.68. The van der Waals surface area contributed by atoms with Crippen LogP contribution in [0.2, 0.25) is 0 Å². The van der Waals surface area contributed by atoms with E-state index >= 15 is 0 Å². The van der Waals surface area contributed by atoms with Gasteiger partial charge >= 0.3 is 0 Å². The smallest absolute Gasteiger partial charge is 0.231 e. The number of piperidine rings is 1. The Kier molecular flexibility index (Phi) is 4.45. The van der Waals surface area contributed by atoms with Crippen LogP contribution in [-0.2, 0) is 14.8 Å². The van der Waals surface area contributed by atoms with Crippen LogP contribution in [0, 0.1) is 5.92 Å². The summed E-state index contributed by atoms with van der Waals surface area (Å²) in [4.78, 5) is 12.3. The van der Waals surface area contributed by atoms with Gasteiger partial charge in [-0.3, -0.25) is 4.79 Å². The molecule has 1 aromatic rings. The molecule has 1 saturated heterocycles. The molecule has 23 heavy (non-hydrogen) atoms. The summed E-state index contributed by atoms with van der Waals surface area (Å²) < 4.78 is 35.6. The van der Waals surface area contributed by atoms with Crippen LogP contribution in [-0.4, -0.2) is 44.3 Å². The molecular weight excluding hydrogens is 320 g/mol. The van der Waals surface area contributed by atoms with Gasteiger partial charge in [0, 0.05) is 30.8 Å². The van der Waals surface area contributed by atoms with Crippen molar-refractivity contribution in [1.29, 1.82) is 0 Å². The Labute approximate surface area is 135 Å². The number of benzene rings is 1. The van der Waals surface area contributed by atoms with Gasteiger partial charge in [0.2, 0.25) is 22.7 Å². The first-order chi connectivity index (χ1) is 11.0. The zero-order chi connectivity index (χ0) is 16.4. The predicted molar refractivity (Wildman–Crippen MR) is 85.0 cm³/mol. The second kappa shape index (κ2) is 6.37. The molecule has 0 saturated carbocycles. The fraction of sp³-hybridized carbons (Fsp3) is 0.533. The standard InChI is InChI=1S/C15H20N2O5S/c1-2-23(19,20)17-7-5-11(6-8-17)15(18)16-12-3-4-13-14(9-12)22-10-21-13/h3-4,9,11H,2,5-8,10H2,1H3,(H,16,18). The van der Waals surface area contributed by atoms with Gasteiger partial charge in [0.05, 0.1) is 5.75 Å². The van der Waals surface area contributed by atoms with Crippen molar-refractivity contribution in [2.75, 3.05) is 31.0 Å². The summed E-state index contributed by atoms with van der Waals surface area (Å²) in [6, 6.07) is 5.26. The first kappa shape index (κ1) is 16.1. The molecule has 0 aliphatic carbocycles. The number of ether oxygens (including phenoxy) is 2. The molecule has 1 amide bonds. The van der Waals surface area contributed by atoms with Crippen molar-refractivity contribution in [3.63, 3.8) is 0 Å². The number of rotatable bonds is 4. The van der Waals surface area contributed by atoms with Crippen LogP contribution in [0.25, 0.3) is 0 Å². The molecule has 7 nitrogen and oxygen atoms in total. The summed E-state index contributed by atoms with van der Waals surface area (Å²) in [5, 5.41) is 2.87. The Morgan fingerprint density at radius 2 is 1.96 bits per heavy atom. The van der Waals surface area contributed by atoms with Crippen molar-refractivity contribution in [2.24, 2.45) is 5.92 Å². The molecule has 2 aliphatic heterocycles. The van der Waals surface area contributed by atoms with E-state index < -0.39 is 10.0 Å². The number of carbonyl (C=O) groups excluding carboxylic acids is 1. The highest BCUT2D eigenvalue weighted by Gasteiger charge is 2.30. The predicted octanol–water partition coefficient (Wildman–Crippen LogP) is 1.42. The zero-order valence-corrected chi connectivity index (χ0v) is 13.8. The highest BCUT2D eigenvalue weighted by atomic mass is 32.2. The van der Waals surface area contributed by atoms with Gasteiger partial charge in [-0.2, -0.15) is 0 Å². The van der Waals surface area contributed by atoms with Crippen LogP contribution in [0.4, 0.5) is 5.69 Å². The van der Waals surface area contributed by atoms with E-state index in [0.717, 1.165) is 0 Å². The number of sulfonamides is 1. The normalized spacial score (nSPS) is 18.8. The molecule has 1 fully saturated rings. The second-order valence-corrected chi connectivity index (χ2v) is 7.89. The van der Waals surface area contributed by atoms with E-state index in [-0.39, 0.29) is 24.4 Å². The Bertz CT molecular complexity index is 696. The van der Waals surface area contributed by atoms with Gasteiger partial charge in [-0.05, 0) is 31.9 Å². The monoisotopic (exact) mass is 340 g/mol. The highest BCUT2D eigenvalue weighted by molar-refractivity contribution is 7.89. The number of amides is 1. The highest BCUT2D eigenvalue weighted by Crippen LogP contribution is 2.34. The summed E-state index contributed by atoms with van der Waals surface area (Å²) in [6.07, 6.45) is 1.07. The van der Waals surface area contributed by atoms with E-state index in [9.17, 15) is 13.2 Å². The Balaban J connectivity index is 1.58. The lowest BCUT2D eigenvalue weighted by molar-refractivity contribution is -0.120. The minimum Gasteiger partial charge on any atom is -0.454 e. The lowest BCUT2D eigenvalue weighted by atomic mass is 9.97. The van der Waals surface area contributed by atoms with Gasteiger partial charge in [-0.25, -0.2) is 12.7 Å². The van der Waals surface area contributed by atoms with Gasteiger partial charge in [-0.15, -0.1) is 0 Å². The van der Waals surface area contributed by atoms with E-state index in [1.54, 1.807) is 25.1 Å². The van der Waals surface area contributed by atoms with Gasteiger partial charge < -0.3 is 14.8 Å². The van der Waals surface area contributed by atoms with Gasteiger partial charge in [0.25, 0.3) is 0 Å². The van der Waals surface area contributed by atoms with Crippen molar-refractivity contribution < 1.29 is 22.7 Å².